The number of rotatable bonds is 1. The number of nitrogens with zero attached hydrogens (tertiary/aromatic N) is 2. The zero-order valence-corrected chi connectivity index (χ0v) is 24.0. The Labute approximate surface area is 236 Å². The molecular formula is C34H52N2O3. The van der Waals surface area contributed by atoms with Crippen LogP contribution in [-0.2, 0) is 4.79 Å². The van der Waals surface area contributed by atoms with E-state index < -0.39 is 23.2 Å². The molecule has 7 atom stereocenters. The zero-order valence-electron chi connectivity index (χ0n) is 24.0. The topological polar surface area (TPSA) is 64.0 Å². The van der Waals surface area contributed by atoms with Crippen molar-refractivity contribution in [2.75, 3.05) is 26.2 Å². The first-order valence-corrected chi connectivity index (χ1v) is 16.1. The molecule has 2 N–H and O–H groups in total. The van der Waals surface area contributed by atoms with E-state index in [1.54, 1.807) is 6.08 Å². The third-order valence-corrected chi connectivity index (χ3v) is 10.7. The Morgan fingerprint density at radius 3 is 2.41 bits per heavy atom. The van der Waals surface area contributed by atoms with Gasteiger partial charge in [-0.15, -0.1) is 0 Å². The van der Waals surface area contributed by atoms with Gasteiger partial charge in [0.2, 0.25) is 0 Å². The van der Waals surface area contributed by atoms with Crippen molar-refractivity contribution in [1.29, 1.82) is 0 Å². The SMILES string of the molecule is O=C[C@@]12CCCCCC/C=C\CCCCN3CC[C@@H]4[C@@H](CN5CCC/C=C\C/C=C\C=C\[C@H](O)[C@@H](O)[C@@]45[C@@H]31)C2. The summed E-state index contributed by atoms with van der Waals surface area (Å²) >= 11 is 0. The predicted molar refractivity (Wildman–Crippen MR) is 158 cm³/mol. The number of carbonyl (C=O) groups excluding carboxylic acids is 1. The average Bonchev–Trinajstić information content (AvgIpc) is 3.17. The van der Waals surface area contributed by atoms with Crippen molar-refractivity contribution >= 4 is 6.29 Å². The molecule has 2 saturated heterocycles. The van der Waals surface area contributed by atoms with Gasteiger partial charge in [0.25, 0.3) is 0 Å². The van der Waals surface area contributed by atoms with E-state index in [-0.39, 0.29) is 6.04 Å². The molecule has 1 spiro atoms. The van der Waals surface area contributed by atoms with E-state index >= 15 is 0 Å². The number of carbonyl (C=O) groups is 1. The Balaban J connectivity index is 1.57. The fourth-order valence-corrected chi connectivity index (χ4v) is 9.17. The number of piperidine rings is 1. The highest BCUT2D eigenvalue weighted by molar-refractivity contribution is 5.63. The minimum Gasteiger partial charge on any atom is -0.388 e. The minimum atomic E-state index is -0.957. The molecule has 5 rings (SSSR count). The quantitative estimate of drug-likeness (QED) is 0.338. The summed E-state index contributed by atoms with van der Waals surface area (Å²) in [6, 6.07) is -0.0577. The third-order valence-electron chi connectivity index (χ3n) is 10.7. The molecule has 0 aromatic heterocycles. The van der Waals surface area contributed by atoms with Crippen molar-refractivity contribution in [3.63, 3.8) is 0 Å². The van der Waals surface area contributed by atoms with Crippen molar-refractivity contribution in [2.24, 2.45) is 17.3 Å². The van der Waals surface area contributed by atoms with Crippen LogP contribution in [-0.4, -0.2) is 76.3 Å². The molecule has 216 valence electrons. The molecule has 0 amide bonds. The van der Waals surface area contributed by atoms with Crippen molar-refractivity contribution in [3.8, 4) is 0 Å². The lowest BCUT2D eigenvalue weighted by molar-refractivity contribution is -0.190. The smallest absolute Gasteiger partial charge is 0.127 e. The van der Waals surface area contributed by atoms with Gasteiger partial charge >= 0.3 is 0 Å². The van der Waals surface area contributed by atoms with Gasteiger partial charge in [0.1, 0.15) is 18.5 Å². The highest BCUT2D eigenvalue weighted by atomic mass is 16.3. The zero-order chi connectivity index (χ0) is 27.1. The van der Waals surface area contributed by atoms with Crippen LogP contribution in [0, 0.1) is 17.3 Å². The molecule has 5 heteroatoms. The molecule has 4 bridgehead atoms. The minimum absolute atomic E-state index is 0.0577. The molecule has 3 fully saturated rings. The van der Waals surface area contributed by atoms with Gasteiger partial charge in [-0.25, -0.2) is 0 Å². The van der Waals surface area contributed by atoms with Crippen molar-refractivity contribution in [3.05, 3.63) is 48.6 Å². The van der Waals surface area contributed by atoms with E-state index in [4.69, 9.17) is 0 Å². The number of allylic oxidation sites excluding steroid dienone is 7. The summed E-state index contributed by atoms with van der Waals surface area (Å²) in [7, 11) is 0. The molecule has 5 aliphatic rings. The van der Waals surface area contributed by atoms with E-state index in [0.29, 0.717) is 11.8 Å². The average molecular weight is 537 g/mol. The fraction of sp³-hybridized carbons (Fsp3) is 0.735. The van der Waals surface area contributed by atoms with Crippen LogP contribution in [0.15, 0.2) is 48.6 Å². The van der Waals surface area contributed by atoms with E-state index in [0.717, 1.165) is 103 Å². The summed E-state index contributed by atoms with van der Waals surface area (Å²) in [5, 5.41) is 23.8. The Kier molecular flexibility index (Phi) is 9.97. The summed E-state index contributed by atoms with van der Waals surface area (Å²) in [5.74, 6) is 0.714. The lowest BCUT2D eigenvalue weighted by Crippen LogP contribution is -2.78. The van der Waals surface area contributed by atoms with Gasteiger partial charge in [-0.05, 0) is 102 Å². The van der Waals surface area contributed by atoms with Gasteiger partial charge in [-0.1, -0.05) is 67.9 Å². The lowest BCUT2D eigenvalue weighted by atomic mass is 9.50. The number of aliphatic hydroxyl groups is 2. The van der Waals surface area contributed by atoms with Crippen LogP contribution in [0.2, 0.25) is 0 Å². The molecule has 0 radical (unpaired) electrons. The first-order chi connectivity index (χ1) is 19.1. The van der Waals surface area contributed by atoms with Crippen LogP contribution >= 0.6 is 0 Å². The Morgan fingerprint density at radius 1 is 0.795 bits per heavy atom. The lowest BCUT2D eigenvalue weighted by Gasteiger charge is -2.65. The molecule has 1 aliphatic carbocycles. The fourth-order valence-electron chi connectivity index (χ4n) is 9.17. The van der Waals surface area contributed by atoms with Crippen molar-refractivity contribution in [1.82, 2.24) is 9.80 Å². The molecule has 0 unspecified atom stereocenters. The number of aldehydes is 1. The second-order valence-corrected chi connectivity index (χ2v) is 13.0. The third kappa shape index (κ3) is 5.80. The largest absolute Gasteiger partial charge is 0.388 e. The molecule has 0 aromatic carbocycles. The number of hydrogen-bond donors (Lipinski definition) is 2. The molecule has 1 saturated carbocycles. The molecule has 4 heterocycles. The Morgan fingerprint density at radius 2 is 1.56 bits per heavy atom. The van der Waals surface area contributed by atoms with Crippen LogP contribution in [0.25, 0.3) is 0 Å². The number of aliphatic hydroxyl groups excluding tert-OH is 2. The molecule has 5 nitrogen and oxygen atoms in total. The number of hydrogen-bond acceptors (Lipinski definition) is 5. The van der Waals surface area contributed by atoms with E-state index in [9.17, 15) is 15.0 Å². The summed E-state index contributed by atoms with van der Waals surface area (Å²) in [4.78, 5) is 18.6. The van der Waals surface area contributed by atoms with Gasteiger partial charge in [-0.3, -0.25) is 9.80 Å². The van der Waals surface area contributed by atoms with E-state index in [2.05, 4.69) is 40.2 Å². The maximum atomic E-state index is 13.4. The van der Waals surface area contributed by atoms with Crippen molar-refractivity contribution in [2.45, 2.75) is 114 Å². The summed E-state index contributed by atoms with van der Waals surface area (Å²) in [6.45, 7) is 3.80. The van der Waals surface area contributed by atoms with Gasteiger partial charge in [-0.2, -0.15) is 0 Å². The second kappa shape index (κ2) is 13.4. The normalized spacial score (nSPS) is 44.5. The van der Waals surface area contributed by atoms with Gasteiger partial charge in [0.05, 0.1) is 5.54 Å². The Hall–Kier alpha value is -1.53. The van der Waals surface area contributed by atoms with E-state index in [1.165, 1.54) is 19.1 Å². The molecule has 0 aromatic rings. The summed E-state index contributed by atoms with van der Waals surface area (Å²) in [5.41, 5.74) is -1.07. The standard InChI is InChI=1S/C34H52N2O3/c37-27-33-21-16-12-8-4-1-2-5-9-13-17-22-35-24-20-29-28(25-33)26-36-23-18-14-10-6-3-7-11-15-19-30(38)31(39)34(29,36)32(33)35/h2,5-7,10-11,15,19,27-32,38-39H,1,3-4,8-9,12-14,16-18,20-26H2/b5-2-,10-6-,11-7-,19-15+/t28-,29-,30+,31-,32+,33+,34-/m1/s1. The van der Waals surface area contributed by atoms with Gasteiger partial charge < -0.3 is 15.0 Å². The highest BCUT2D eigenvalue weighted by Gasteiger charge is 2.72. The maximum absolute atomic E-state index is 13.4. The Bertz CT molecular complexity index is 927. The van der Waals surface area contributed by atoms with E-state index in [1.807, 2.05) is 12.2 Å². The molecular weight excluding hydrogens is 484 g/mol. The van der Waals surface area contributed by atoms with Crippen molar-refractivity contribution < 1.29 is 15.0 Å². The van der Waals surface area contributed by atoms with Crippen LogP contribution in [0.3, 0.4) is 0 Å². The molecule has 4 aliphatic heterocycles. The first-order valence-electron chi connectivity index (χ1n) is 16.1. The predicted octanol–water partition coefficient (Wildman–Crippen LogP) is 5.59. The second-order valence-electron chi connectivity index (χ2n) is 13.0. The van der Waals surface area contributed by atoms with Crippen LogP contribution in [0.5, 0.6) is 0 Å². The molecule has 39 heavy (non-hydrogen) atoms. The highest BCUT2D eigenvalue weighted by Crippen LogP contribution is 2.62. The maximum Gasteiger partial charge on any atom is 0.127 e. The van der Waals surface area contributed by atoms with Crippen LogP contribution in [0.4, 0.5) is 0 Å². The van der Waals surface area contributed by atoms with Gasteiger partial charge in [0, 0.05) is 18.0 Å². The summed E-state index contributed by atoms with van der Waals surface area (Å²) in [6.07, 6.45) is 31.4. The van der Waals surface area contributed by atoms with Crippen LogP contribution in [0.1, 0.15) is 89.9 Å². The van der Waals surface area contributed by atoms with Crippen LogP contribution < -0.4 is 0 Å². The van der Waals surface area contributed by atoms with Gasteiger partial charge in [0.15, 0.2) is 0 Å². The monoisotopic (exact) mass is 536 g/mol. The first kappa shape index (κ1) is 29.0. The summed E-state index contributed by atoms with van der Waals surface area (Å²) < 4.78 is 0.